The number of aliphatic hydroxyl groups excluding tert-OH is 2. The Morgan fingerprint density at radius 1 is 1.52 bits per heavy atom. The molecule has 8 N–H and O–H groups in total. The van der Waals surface area contributed by atoms with Crippen LogP contribution in [0.2, 0.25) is 0 Å². The molecule has 1 fully saturated rings. The summed E-state index contributed by atoms with van der Waals surface area (Å²) in [6.45, 7) is 1.50. The number of pyridine rings is 1. The number of ether oxygens (including phenoxy) is 1. The van der Waals surface area contributed by atoms with Crippen LogP contribution in [0.3, 0.4) is 0 Å². The van der Waals surface area contributed by atoms with Crippen molar-refractivity contribution in [2.45, 2.75) is 50.3 Å². The lowest BCUT2D eigenvalue weighted by molar-refractivity contribution is -0.124. The van der Waals surface area contributed by atoms with Crippen LogP contribution in [-0.2, 0) is 9.53 Å². The Labute approximate surface area is 155 Å². The van der Waals surface area contributed by atoms with Gasteiger partial charge in [0.1, 0.15) is 23.6 Å². The highest BCUT2D eigenvalue weighted by Crippen LogP contribution is 2.37. The fraction of sp³-hybridized carbons (Fsp3) is 0.529. The van der Waals surface area contributed by atoms with Crippen molar-refractivity contribution in [1.82, 2.24) is 14.9 Å². The first kappa shape index (κ1) is 19.4. The van der Waals surface area contributed by atoms with Crippen LogP contribution in [-0.4, -0.2) is 61.7 Å². The molecule has 1 aliphatic rings. The molecule has 3 rings (SSSR count). The van der Waals surface area contributed by atoms with Crippen LogP contribution < -0.4 is 16.8 Å². The lowest BCUT2D eigenvalue weighted by Gasteiger charge is -2.22. The molecule has 0 saturated carbocycles. The van der Waals surface area contributed by atoms with Crippen LogP contribution in [0.15, 0.2) is 18.5 Å². The van der Waals surface area contributed by atoms with Crippen LogP contribution in [0.5, 0.6) is 5.75 Å². The second kappa shape index (κ2) is 7.69. The van der Waals surface area contributed by atoms with E-state index >= 15 is 0 Å². The van der Waals surface area contributed by atoms with Gasteiger partial charge >= 0.3 is 0 Å². The van der Waals surface area contributed by atoms with E-state index in [2.05, 4.69) is 10.3 Å². The Morgan fingerprint density at radius 2 is 2.26 bits per heavy atom. The summed E-state index contributed by atoms with van der Waals surface area (Å²) < 4.78 is 7.18. The molecule has 5 atom stereocenters. The van der Waals surface area contributed by atoms with Crippen LogP contribution in [0.1, 0.15) is 26.0 Å². The second-order valence-electron chi connectivity index (χ2n) is 6.69. The van der Waals surface area contributed by atoms with E-state index in [9.17, 15) is 20.1 Å². The number of hydrogen-bond donors (Lipinski definition) is 6. The molecule has 2 aromatic heterocycles. The van der Waals surface area contributed by atoms with Gasteiger partial charge in [-0.2, -0.15) is 0 Å². The number of rotatable bonds is 6. The molecule has 27 heavy (non-hydrogen) atoms. The molecule has 0 spiro atoms. The van der Waals surface area contributed by atoms with Gasteiger partial charge in [-0.25, -0.2) is 4.98 Å². The smallest absolute Gasteiger partial charge is 0.237 e. The number of carbonyl (C=O) groups excluding carboxylic acids is 1. The fourth-order valence-corrected chi connectivity index (χ4v) is 3.39. The minimum absolute atomic E-state index is 0.107. The maximum Gasteiger partial charge on any atom is 0.237 e. The molecular formula is C17H25N5O5. The normalized spacial score (nSPS) is 26.4. The Hall–Kier alpha value is -2.40. The number of fused-ring (bicyclic) bond motifs is 1. The molecule has 0 bridgehead atoms. The first-order valence-corrected chi connectivity index (χ1v) is 8.83. The minimum Gasteiger partial charge on any atom is -0.506 e. The van der Waals surface area contributed by atoms with E-state index in [0.717, 1.165) is 6.42 Å². The molecule has 10 heteroatoms. The number of aromatic nitrogens is 2. The summed E-state index contributed by atoms with van der Waals surface area (Å²) in [4.78, 5) is 16.4. The van der Waals surface area contributed by atoms with Gasteiger partial charge in [-0.15, -0.1) is 0 Å². The van der Waals surface area contributed by atoms with E-state index in [1.54, 1.807) is 6.07 Å². The van der Waals surface area contributed by atoms with E-state index in [0.29, 0.717) is 23.1 Å². The summed E-state index contributed by atoms with van der Waals surface area (Å²) in [7, 11) is 0. The van der Waals surface area contributed by atoms with Crippen LogP contribution in [0.4, 0.5) is 5.69 Å². The number of anilines is 1. The molecule has 0 aromatic carbocycles. The van der Waals surface area contributed by atoms with Gasteiger partial charge in [0, 0.05) is 11.9 Å². The first-order chi connectivity index (χ1) is 12.9. The summed E-state index contributed by atoms with van der Waals surface area (Å²) in [5.41, 5.74) is 12.4. The number of hydrogen-bond acceptors (Lipinski definition) is 8. The van der Waals surface area contributed by atoms with E-state index in [4.69, 9.17) is 16.2 Å². The molecule has 1 aliphatic heterocycles. The number of nitrogen functional groups attached to an aromatic ring is 1. The molecular weight excluding hydrogens is 354 g/mol. The largest absolute Gasteiger partial charge is 0.506 e. The van der Waals surface area contributed by atoms with Gasteiger partial charge in [0.05, 0.1) is 30.3 Å². The summed E-state index contributed by atoms with van der Waals surface area (Å²) in [5, 5.41) is 33.5. The van der Waals surface area contributed by atoms with E-state index in [1.165, 1.54) is 17.0 Å². The third kappa shape index (κ3) is 3.44. The van der Waals surface area contributed by atoms with Crippen molar-refractivity contribution in [2.24, 2.45) is 5.73 Å². The molecule has 1 saturated heterocycles. The first-order valence-electron chi connectivity index (χ1n) is 8.83. The molecule has 1 amide bonds. The highest BCUT2D eigenvalue weighted by Gasteiger charge is 2.46. The number of nitrogens with two attached hydrogens (primary N) is 2. The number of amides is 1. The Kier molecular flexibility index (Phi) is 5.51. The number of nitrogens with zero attached hydrogens (tertiary/aromatic N) is 2. The zero-order valence-corrected chi connectivity index (χ0v) is 14.9. The highest BCUT2D eigenvalue weighted by molar-refractivity contribution is 5.94. The quantitative estimate of drug-likeness (QED) is 0.378. The lowest BCUT2D eigenvalue weighted by atomic mass is 10.1. The average molecular weight is 379 g/mol. The van der Waals surface area contributed by atoms with Crippen molar-refractivity contribution in [3.63, 3.8) is 0 Å². The zero-order valence-electron chi connectivity index (χ0n) is 14.9. The molecule has 2 aromatic rings. The van der Waals surface area contributed by atoms with Gasteiger partial charge in [-0.3, -0.25) is 9.36 Å². The van der Waals surface area contributed by atoms with Gasteiger partial charge in [0.2, 0.25) is 5.91 Å². The van der Waals surface area contributed by atoms with E-state index < -0.39 is 43.0 Å². The van der Waals surface area contributed by atoms with Gasteiger partial charge in [-0.1, -0.05) is 13.3 Å². The van der Waals surface area contributed by atoms with Gasteiger partial charge in [0.25, 0.3) is 0 Å². The van der Waals surface area contributed by atoms with Crippen molar-refractivity contribution in [1.29, 1.82) is 0 Å². The van der Waals surface area contributed by atoms with Crippen molar-refractivity contribution >= 4 is 22.6 Å². The van der Waals surface area contributed by atoms with Gasteiger partial charge < -0.3 is 36.8 Å². The Balaban J connectivity index is 1.89. The molecule has 2 unspecified atom stereocenters. The summed E-state index contributed by atoms with van der Waals surface area (Å²) in [6, 6.07) is -0.0259. The number of aliphatic hydroxyl groups is 2. The van der Waals surface area contributed by atoms with Gasteiger partial charge in [0.15, 0.2) is 6.23 Å². The maximum absolute atomic E-state index is 12.2. The molecule has 10 nitrogen and oxygen atoms in total. The lowest BCUT2D eigenvalue weighted by Crippen LogP contribution is -2.53. The van der Waals surface area contributed by atoms with Crippen molar-refractivity contribution in [2.75, 3.05) is 12.3 Å². The Bertz CT molecular complexity index is 825. The molecule has 3 heterocycles. The maximum atomic E-state index is 12.2. The standard InChI is InChI=1S/C17H25N5O5/c1-2-3-9(19)16(26)21-13-11(7-23)27-17(14(13)25)22-6-10(24)12-8(18)4-5-20-15(12)22/h4-6,9,11,13-14,17,23-25H,2-3,7,19H2,1H3,(H2,18,20)(H,21,26)/t9?,11-,13?,14+,17-/m1/s1. The van der Waals surface area contributed by atoms with Gasteiger partial charge in [-0.05, 0) is 12.5 Å². The van der Waals surface area contributed by atoms with Crippen LogP contribution in [0.25, 0.3) is 11.0 Å². The predicted molar refractivity (Wildman–Crippen MR) is 97.6 cm³/mol. The number of nitrogens with one attached hydrogen (secondary N) is 1. The Morgan fingerprint density at radius 3 is 2.93 bits per heavy atom. The van der Waals surface area contributed by atoms with E-state index in [-0.39, 0.29) is 5.75 Å². The average Bonchev–Trinajstić information content (AvgIpc) is 3.13. The SMILES string of the molecule is CCCC(N)C(=O)NC1[C@@H](CO)O[C@@H](n2cc(O)c3c(N)ccnc32)[C@H]1O. The van der Waals surface area contributed by atoms with Crippen molar-refractivity contribution < 1.29 is 24.9 Å². The van der Waals surface area contributed by atoms with Crippen molar-refractivity contribution in [3.05, 3.63) is 18.5 Å². The topological polar surface area (TPSA) is 169 Å². The summed E-state index contributed by atoms with van der Waals surface area (Å²) in [6.07, 6.45) is 1.05. The third-order valence-electron chi connectivity index (χ3n) is 4.80. The summed E-state index contributed by atoms with van der Waals surface area (Å²) in [5.74, 6) is -0.532. The third-order valence-corrected chi connectivity index (χ3v) is 4.80. The fourth-order valence-electron chi connectivity index (χ4n) is 3.39. The monoisotopic (exact) mass is 379 g/mol. The summed E-state index contributed by atoms with van der Waals surface area (Å²) >= 11 is 0. The second-order valence-corrected chi connectivity index (χ2v) is 6.69. The predicted octanol–water partition coefficient (Wildman–Crippen LogP) is -0.813. The molecule has 148 valence electrons. The van der Waals surface area contributed by atoms with Crippen LogP contribution in [0, 0.1) is 0 Å². The molecule has 0 radical (unpaired) electrons. The van der Waals surface area contributed by atoms with E-state index in [1.807, 2.05) is 6.92 Å². The number of carbonyl (C=O) groups is 1. The zero-order chi connectivity index (χ0) is 19.7. The van der Waals surface area contributed by atoms with Crippen LogP contribution >= 0.6 is 0 Å². The number of aromatic hydroxyl groups is 1. The minimum atomic E-state index is -1.20. The highest BCUT2D eigenvalue weighted by atomic mass is 16.5. The van der Waals surface area contributed by atoms with Crippen molar-refractivity contribution in [3.8, 4) is 5.75 Å². The molecule has 0 aliphatic carbocycles.